The first kappa shape index (κ1) is 15.3. The van der Waals surface area contributed by atoms with Crippen molar-refractivity contribution in [3.8, 4) is 0 Å². The number of halogens is 3. The van der Waals surface area contributed by atoms with Crippen molar-refractivity contribution in [3.05, 3.63) is 29.8 Å². The molecule has 0 amide bonds. The molecule has 0 radical (unpaired) electrons. The molecule has 19 heavy (non-hydrogen) atoms. The predicted octanol–water partition coefficient (Wildman–Crippen LogP) is 2.28. The van der Waals surface area contributed by atoms with Gasteiger partial charge in [0.15, 0.2) is 6.79 Å². The molecule has 0 fully saturated rings. The Balaban J connectivity index is 2.18. The maximum Gasteiger partial charge on any atom is 0.411 e. The number of benzene rings is 1. The quantitative estimate of drug-likeness (QED) is 0.375. The van der Waals surface area contributed by atoms with Crippen molar-refractivity contribution in [1.29, 1.82) is 0 Å². The van der Waals surface area contributed by atoms with E-state index in [-0.39, 0.29) is 6.42 Å². The van der Waals surface area contributed by atoms with E-state index in [4.69, 9.17) is 5.73 Å². The van der Waals surface area contributed by atoms with Crippen LogP contribution >= 0.6 is 0 Å². The Kier molecular flexibility index (Phi) is 5.62. The van der Waals surface area contributed by atoms with Gasteiger partial charge in [0.25, 0.3) is 0 Å². The minimum Gasteiger partial charge on any atom is -0.438 e. The standard InChI is InChI=1S/C12H14F3NO3/c13-12(14,15)7-18-8-19-11(17)5-4-9-2-1-3-10(16)6-9/h1-3,6H,4-5,7-8,16H2. The number of ether oxygens (including phenoxy) is 2. The monoisotopic (exact) mass is 277 g/mol. The van der Waals surface area contributed by atoms with Crippen molar-refractivity contribution in [2.75, 3.05) is 19.1 Å². The largest absolute Gasteiger partial charge is 0.438 e. The van der Waals surface area contributed by atoms with E-state index in [0.29, 0.717) is 12.1 Å². The molecule has 4 nitrogen and oxygen atoms in total. The Morgan fingerprint density at radius 2 is 2.05 bits per heavy atom. The first-order chi connectivity index (χ1) is 8.87. The van der Waals surface area contributed by atoms with Gasteiger partial charge in [0.1, 0.15) is 6.61 Å². The fourth-order valence-electron chi connectivity index (χ4n) is 1.33. The van der Waals surface area contributed by atoms with Crippen molar-refractivity contribution < 1.29 is 27.4 Å². The molecule has 0 spiro atoms. The molecule has 106 valence electrons. The summed E-state index contributed by atoms with van der Waals surface area (Å²) in [6.45, 7) is -2.13. The molecule has 2 N–H and O–H groups in total. The van der Waals surface area contributed by atoms with Crippen LogP contribution < -0.4 is 5.73 Å². The minimum atomic E-state index is -4.42. The van der Waals surface area contributed by atoms with Crippen LogP contribution in [0.5, 0.6) is 0 Å². The van der Waals surface area contributed by atoms with Crippen molar-refractivity contribution in [1.82, 2.24) is 0 Å². The smallest absolute Gasteiger partial charge is 0.411 e. The lowest BCUT2D eigenvalue weighted by Gasteiger charge is -2.08. The first-order valence-electron chi connectivity index (χ1n) is 5.51. The molecule has 1 aromatic carbocycles. The van der Waals surface area contributed by atoms with Crippen LogP contribution in [0, 0.1) is 0 Å². The summed E-state index contributed by atoms with van der Waals surface area (Å²) in [5.41, 5.74) is 7.00. The molecule has 0 saturated carbocycles. The van der Waals surface area contributed by atoms with Crippen LogP contribution in [0.3, 0.4) is 0 Å². The lowest BCUT2D eigenvalue weighted by molar-refractivity contribution is -0.200. The number of carbonyl (C=O) groups is 1. The number of nitrogen functional groups attached to an aromatic ring is 1. The van der Waals surface area contributed by atoms with E-state index in [1.54, 1.807) is 24.3 Å². The van der Waals surface area contributed by atoms with Crippen LogP contribution in [0.1, 0.15) is 12.0 Å². The maximum absolute atomic E-state index is 11.7. The normalized spacial score (nSPS) is 11.3. The second kappa shape index (κ2) is 6.98. The Bertz CT molecular complexity index is 421. The van der Waals surface area contributed by atoms with Crippen LogP contribution in [0.25, 0.3) is 0 Å². The highest BCUT2D eigenvalue weighted by molar-refractivity contribution is 5.69. The minimum absolute atomic E-state index is 0.0544. The van der Waals surface area contributed by atoms with Gasteiger partial charge in [-0.3, -0.25) is 4.79 Å². The molecule has 0 heterocycles. The lowest BCUT2D eigenvalue weighted by atomic mass is 10.1. The number of nitrogens with two attached hydrogens (primary N) is 1. The van der Waals surface area contributed by atoms with E-state index in [9.17, 15) is 18.0 Å². The molecule has 1 rings (SSSR count). The molecular weight excluding hydrogens is 263 g/mol. The van der Waals surface area contributed by atoms with Crippen molar-refractivity contribution in [2.45, 2.75) is 19.0 Å². The summed E-state index contributed by atoms with van der Waals surface area (Å²) < 4.78 is 43.8. The Labute approximate surface area is 108 Å². The van der Waals surface area contributed by atoms with Crippen LogP contribution in [0.2, 0.25) is 0 Å². The Hall–Kier alpha value is -1.76. The second-order valence-electron chi connectivity index (χ2n) is 3.84. The number of aryl methyl sites for hydroxylation is 1. The maximum atomic E-state index is 11.7. The highest BCUT2D eigenvalue weighted by Gasteiger charge is 2.27. The third-order valence-electron chi connectivity index (χ3n) is 2.14. The number of esters is 1. The van der Waals surface area contributed by atoms with Gasteiger partial charge >= 0.3 is 12.1 Å². The summed E-state index contributed by atoms with van der Waals surface area (Å²) in [4.78, 5) is 11.2. The summed E-state index contributed by atoms with van der Waals surface area (Å²) in [6, 6.07) is 6.98. The highest BCUT2D eigenvalue weighted by Crippen LogP contribution is 2.14. The molecule has 1 aromatic rings. The van der Waals surface area contributed by atoms with E-state index in [1.807, 2.05) is 0 Å². The highest BCUT2D eigenvalue weighted by atomic mass is 19.4. The number of hydrogen-bond donors (Lipinski definition) is 1. The zero-order chi connectivity index (χ0) is 14.3. The van der Waals surface area contributed by atoms with Gasteiger partial charge in [0.05, 0.1) is 0 Å². The first-order valence-corrected chi connectivity index (χ1v) is 5.51. The number of alkyl halides is 3. The molecule has 0 atom stereocenters. The van der Waals surface area contributed by atoms with Gasteiger partial charge in [0, 0.05) is 12.1 Å². The number of carbonyl (C=O) groups excluding carboxylic acids is 1. The average molecular weight is 277 g/mol. The molecular formula is C12H14F3NO3. The second-order valence-corrected chi connectivity index (χ2v) is 3.84. The van der Waals surface area contributed by atoms with Gasteiger partial charge in [-0.25, -0.2) is 0 Å². The van der Waals surface area contributed by atoms with Crippen LogP contribution in [-0.2, 0) is 20.7 Å². The SMILES string of the molecule is Nc1cccc(CCC(=O)OCOCC(F)(F)F)c1. The van der Waals surface area contributed by atoms with Gasteiger partial charge < -0.3 is 15.2 Å². The van der Waals surface area contributed by atoms with Gasteiger partial charge in [-0.2, -0.15) is 13.2 Å². The Morgan fingerprint density at radius 1 is 1.32 bits per heavy atom. The van der Waals surface area contributed by atoms with Crippen LogP contribution in [0.4, 0.5) is 18.9 Å². The van der Waals surface area contributed by atoms with Gasteiger partial charge in [-0.15, -0.1) is 0 Å². The third kappa shape index (κ3) is 7.30. The molecule has 0 unspecified atom stereocenters. The lowest BCUT2D eigenvalue weighted by Crippen LogP contribution is -2.19. The molecule has 0 aromatic heterocycles. The summed E-state index contributed by atoms with van der Waals surface area (Å²) in [7, 11) is 0. The van der Waals surface area contributed by atoms with Gasteiger partial charge in [0.2, 0.25) is 0 Å². The molecule has 0 saturated heterocycles. The van der Waals surface area contributed by atoms with Gasteiger partial charge in [-0.05, 0) is 24.1 Å². The molecule has 7 heteroatoms. The van der Waals surface area contributed by atoms with Crippen molar-refractivity contribution in [2.24, 2.45) is 0 Å². The fraction of sp³-hybridized carbons (Fsp3) is 0.417. The van der Waals surface area contributed by atoms with Crippen molar-refractivity contribution in [3.63, 3.8) is 0 Å². The van der Waals surface area contributed by atoms with E-state index in [0.717, 1.165) is 5.56 Å². The summed E-state index contributed by atoms with van der Waals surface area (Å²) in [5, 5.41) is 0. The number of anilines is 1. The summed E-state index contributed by atoms with van der Waals surface area (Å²) >= 11 is 0. The molecule has 0 aliphatic heterocycles. The van der Waals surface area contributed by atoms with E-state index in [1.165, 1.54) is 0 Å². The van der Waals surface area contributed by atoms with Crippen molar-refractivity contribution >= 4 is 11.7 Å². The predicted molar refractivity (Wildman–Crippen MR) is 62.1 cm³/mol. The topological polar surface area (TPSA) is 61.6 Å². The third-order valence-corrected chi connectivity index (χ3v) is 2.14. The molecule has 0 aliphatic rings. The average Bonchev–Trinajstić information content (AvgIpc) is 2.31. The fourth-order valence-corrected chi connectivity index (χ4v) is 1.33. The van der Waals surface area contributed by atoms with Crippen LogP contribution in [-0.4, -0.2) is 25.5 Å². The van der Waals surface area contributed by atoms with E-state index in [2.05, 4.69) is 9.47 Å². The van der Waals surface area contributed by atoms with E-state index < -0.39 is 25.5 Å². The molecule has 0 aliphatic carbocycles. The zero-order valence-electron chi connectivity index (χ0n) is 10.1. The summed E-state index contributed by atoms with van der Waals surface area (Å²) in [5.74, 6) is -0.621. The van der Waals surface area contributed by atoms with Crippen LogP contribution in [0.15, 0.2) is 24.3 Å². The Morgan fingerprint density at radius 3 is 2.68 bits per heavy atom. The van der Waals surface area contributed by atoms with Gasteiger partial charge in [-0.1, -0.05) is 12.1 Å². The summed E-state index contributed by atoms with van der Waals surface area (Å²) in [6.07, 6.45) is -3.96. The number of hydrogen-bond acceptors (Lipinski definition) is 4. The van der Waals surface area contributed by atoms with E-state index >= 15 is 0 Å². The number of rotatable bonds is 6. The molecule has 0 bridgehead atoms. The zero-order valence-corrected chi connectivity index (χ0v) is 10.1.